The molecule has 1 heterocycles. The molecule has 20 heavy (non-hydrogen) atoms. The molecule has 110 valence electrons. The van der Waals surface area contributed by atoms with E-state index in [0.29, 0.717) is 12.6 Å². The summed E-state index contributed by atoms with van der Waals surface area (Å²) >= 11 is 0. The third-order valence-corrected chi connectivity index (χ3v) is 3.82. The van der Waals surface area contributed by atoms with E-state index in [4.69, 9.17) is 4.74 Å². The van der Waals surface area contributed by atoms with Gasteiger partial charge in [-0.05, 0) is 31.5 Å². The van der Waals surface area contributed by atoms with Crippen LogP contribution in [0.1, 0.15) is 29.8 Å². The van der Waals surface area contributed by atoms with Gasteiger partial charge in [0.1, 0.15) is 0 Å². The Morgan fingerprint density at radius 3 is 2.55 bits per heavy atom. The summed E-state index contributed by atoms with van der Waals surface area (Å²) in [6, 6.07) is 8.28. The predicted octanol–water partition coefficient (Wildman–Crippen LogP) is 2.00. The third-order valence-electron chi connectivity index (χ3n) is 3.82. The van der Waals surface area contributed by atoms with Gasteiger partial charge in [-0.3, -0.25) is 9.69 Å². The first kappa shape index (κ1) is 15.0. The van der Waals surface area contributed by atoms with Gasteiger partial charge in [-0.25, -0.2) is 0 Å². The molecule has 0 N–H and O–H groups in total. The molecule has 1 fully saturated rings. The Kier molecular flexibility index (Phi) is 5.15. The van der Waals surface area contributed by atoms with Crippen molar-refractivity contribution in [2.24, 2.45) is 0 Å². The monoisotopic (exact) mass is 276 g/mol. The first-order valence-corrected chi connectivity index (χ1v) is 7.23. The van der Waals surface area contributed by atoms with Gasteiger partial charge in [-0.15, -0.1) is 0 Å². The number of amides is 1. The van der Waals surface area contributed by atoms with Crippen molar-refractivity contribution in [1.29, 1.82) is 0 Å². The summed E-state index contributed by atoms with van der Waals surface area (Å²) < 4.78 is 5.12. The molecular formula is C16H24N2O2. The summed E-state index contributed by atoms with van der Waals surface area (Å²) in [5.41, 5.74) is 1.80. The average Bonchev–Trinajstić information content (AvgIpc) is 2.47. The van der Waals surface area contributed by atoms with Gasteiger partial charge in [0.15, 0.2) is 0 Å². The van der Waals surface area contributed by atoms with Crippen LogP contribution < -0.4 is 0 Å². The standard InChI is InChI=1S/C16H24N2O2/c1-13(2)17-7-9-18(10-8-17)16(19)15-6-4-5-14(11-15)12-20-3/h4-6,11,13H,7-10,12H2,1-3H3. The van der Waals surface area contributed by atoms with Gasteiger partial charge in [-0.2, -0.15) is 0 Å². The van der Waals surface area contributed by atoms with Crippen molar-refractivity contribution in [2.45, 2.75) is 26.5 Å². The zero-order valence-electron chi connectivity index (χ0n) is 12.6. The molecule has 0 atom stereocenters. The maximum absolute atomic E-state index is 12.5. The minimum Gasteiger partial charge on any atom is -0.380 e. The van der Waals surface area contributed by atoms with Crippen molar-refractivity contribution in [1.82, 2.24) is 9.80 Å². The maximum Gasteiger partial charge on any atom is 0.253 e. The van der Waals surface area contributed by atoms with Crippen LogP contribution in [0.5, 0.6) is 0 Å². The highest BCUT2D eigenvalue weighted by Gasteiger charge is 2.23. The summed E-state index contributed by atoms with van der Waals surface area (Å²) in [6.45, 7) is 8.49. The molecule has 0 aromatic heterocycles. The number of ether oxygens (including phenoxy) is 1. The molecule has 1 amide bonds. The number of methoxy groups -OCH3 is 1. The SMILES string of the molecule is COCc1cccc(C(=O)N2CCN(C(C)C)CC2)c1. The fraction of sp³-hybridized carbons (Fsp3) is 0.562. The van der Waals surface area contributed by atoms with E-state index in [1.165, 1.54) is 0 Å². The summed E-state index contributed by atoms with van der Waals surface area (Å²) in [5, 5.41) is 0. The number of hydrogen-bond acceptors (Lipinski definition) is 3. The van der Waals surface area contributed by atoms with Crippen molar-refractivity contribution in [3.63, 3.8) is 0 Å². The van der Waals surface area contributed by atoms with E-state index < -0.39 is 0 Å². The number of piperazine rings is 1. The highest BCUT2D eigenvalue weighted by Crippen LogP contribution is 2.12. The zero-order chi connectivity index (χ0) is 14.5. The van der Waals surface area contributed by atoms with Gasteiger partial charge in [-0.1, -0.05) is 12.1 Å². The molecule has 4 nitrogen and oxygen atoms in total. The first-order valence-electron chi connectivity index (χ1n) is 7.23. The average molecular weight is 276 g/mol. The Morgan fingerprint density at radius 2 is 1.95 bits per heavy atom. The number of carbonyl (C=O) groups is 1. The normalized spacial score (nSPS) is 16.7. The van der Waals surface area contributed by atoms with E-state index in [9.17, 15) is 4.79 Å². The Morgan fingerprint density at radius 1 is 1.25 bits per heavy atom. The summed E-state index contributed by atoms with van der Waals surface area (Å²) in [5.74, 6) is 0.131. The highest BCUT2D eigenvalue weighted by atomic mass is 16.5. The van der Waals surface area contributed by atoms with Crippen LogP contribution >= 0.6 is 0 Å². The lowest BCUT2D eigenvalue weighted by Gasteiger charge is -2.37. The van der Waals surface area contributed by atoms with E-state index in [2.05, 4.69) is 18.7 Å². The molecule has 1 aliphatic heterocycles. The van der Waals surface area contributed by atoms with Crippen molar-refractivity contribution in [3.05, 3.63) is 35.4 Å². The number of rotatable bonds is 4. The number of benzene rings is 1. The molecular weight excluding hydrogens is 252 g/mol. The Bertz CT molecular complexity index is 452. The molecule has 0 unspecified atom stereocenters. The zero-order valence-corrected chi connectivity index (χ0v) is 12.6. The molecule has 1 saturated heterocycles. The van der Waals surface area contributed by atoms with Crippen LogP contribution in [-0.2, 0) is 11.3 Å². The lowest BCUT2D eigenvalue weighted by atomic mass is 10.1. The fourth-order valence-corrected chi connectivity index (χ4v) is 2.58. The third kappa shape index (κ3) is 3.58. The molecule has 1 aliphatic rings. The summed E-state index contributed by atoms with van der Waals surface area (Å²) in [6.07, 6.45) is 0. The summed E-state index contributed by atoms with van der Waals surface area (Å²) in [7, 11) is 1.67. The molecule has 1 aromatic rings. The highest BCUT2D eigenvalue weighted by molar-refractivity contribution is 5.94. The van der Waals surface area contributed by atoms with Crippen molar-refractivity contribution < 1.29 is 9.53 Å². The molecule has 4 heteroatoms. The van der Waals surface area contributed by atoms with Crippen LogP contribution in [0.15, 0.2) is 24.3 Å². The Hall–Kier alpha value is -1.39. The Balaban J connectivity index is 2.00. The van der Waals surface area contributed by atoms with E-state index in [1.807, 2.05) is 29.2 Å². The second kappa shape index (κ2) is 6.86. The molecule has 2 rings (SSSR count). The van der Waals surface area contributed by atoms with Crippen molar-refractivity contribution in [2.75, 3.05) is 33.3 Å². The van der Waals surface area contributed by atoms with Gasteiger partial charge < -0.3 is 9.64 Å². The molecule has 0 radical (unpaired) electrons. The Labute approximate surface area is 121 Å². The quantitative estimate of drug-likeness (QED) is 0.843. The molecule has 0 bridgehead atoms. The van der Waals surface area contributed by atoms with Gasteiger partial charge in [0, 0.05) is 44.9 Å². The second-order valence-corrected chi connectivity index (χ2v) is 5.56. The minimum atomic E-state index is 0.131. The van der Waals surface area contributed by atoms with E-state index >= 15 is 0 Å². The second-order valence-electron chi connectivity index (χ2n) is 5.56. The van der Waals surface area contributed by atoms with Crippen LogP contribution in [-0.4, -0.2) is 55.0 Å². The van der Waals surface area contributed by atoms with Crippen LogP contribution in [0.2, 0.25) is 0 Å². The van der Waals surface area contributed by atoms with Gasteiger partial charge in [0.2, 0.25) is 0 Å². The fourth-order valence-electron chi connectivity index (χ4n) is 2.58. The van der Waals surface area contributed by atoms with E-state index in [1.54, 1.807) is 7.11 Å². The summed E-state index contributed by atoms with van der Waals surface area (Å²) in [4.78, 5) is 16.9. The van der Waals surface area contributed by atoms with E-state index in [0.717, 1.165) is 37.3 Å². The maximum atomic E-state index is 12.5. The number of hydrogen-bond donors (Lipinski definition) is 0. The van der Waals surface area contributed by atoms with Crippen LogP contribution in [0.4, 0.5) is 0 Å². The molecule has 1 aromatic carbocycles. The smallest absolute Gasteiger partial charge is 0.253 e. The lowest BCUT2D eigenvalue weighted by molar-refractivity contribution is 0.0595. The van der Waals surface area contributed by atoms with Crippen molar-refractivity contribution in [3.8, 4) is 0 Å². The number of nitrogens with zero attached hydrogens (tertiary/aromatic N) is 2. The van der Waals surface area contributed by atoms with Gasteiger partial charge in [0.05, 0.1) is 6.61 Å². The van der Waals surface area contributed by atoms with Gasteiger partial charge >= 0.3 is 0 Å². The minimum absolute atomic E-state index is 0.131. The van der Waals surface area contributed by atoms with Crippen LogP contribution in [0.25, 0.3) is 0 Å². The van der Waals surface area contributed by atoms with Gasteiger partial charge in [0.25, 0.3) is 5.91 Å². The van der Waals surface area contributed by atoms with E-state index in [-0.39, 0.29) is 5.91 Å². The van der Waals surface area contributed by atoms with Crippen LogP contribution in [0.3, 0.4) is 0 Å². The van der Waals surface area contributed by atoms with Crippen molar-refractivity contribution >= 4 is 5.91 Å². The first-order chi connectivity index (χ1) is 9.61. The lowest BCUT2D eigenvalue weighted by Crippen LogP contribution is -2.50. The molecule has 0 spiro atoms. The largest absolute Gasteiger partial charge is 0.380 e. The predicted molar refractivity (Wildman–Crippen MR) is 79.8 cm³/mol. The molecule has 0 saturated carbocycles. The topological polar surface area (TPSA) is 32.8 Å². The number of carbonyl (C=O) groups excluding carboxylic acids is 1. The molecule has 0 aliphatic carbocycles. The van der Waals surface area contributed by atoms with Crippen LogP contribution in [0, 0.1) is 0 Å².